The Bertz CT molecular complexity index is 1460. The maximum atomic E-state index is 12.9. The Morgan fingerprint density at radius 1 is 1.06 bits per heavy atom. The molecule has 8 heteroatoms. The fourth-order valence-electron chi connectivity index (χ4n) is 3.72. The van der Waals surface area contributed by atoms with Crippen molar-refractivity contribution in [2.45, 2.75) is 33.4 Å². The molecule has 0 unspecified atom stereocenters. The highest BCUT2D eigenvalue weighted by Gasteiger charge is 2.27. The monoisotopic (exact) mass is 475 g/mol. The van der Waals surface area contributed by atoms with E-state index >= 15 is 0 Å². The van der Waals surface area contributed by atoms with Crippen molar-refractivity contribution in [2.75, 3.05) is 0 Å². The number of nitrogens with one attached hydrogen (secondary N) is 1. The molecule has 4 rings (SSSR count). The number of ether oxygens (including phenoxy) is 2. The van der Waals surface area contributed by atoms with Crippen LogP contribution >= 0.6 is 0 Å². The number of fused-ring (bicyclic) bond motifs is 2. The summed E-state index contributed by atoms with van der Waals surface area (Å²) in [6.07, 6.45) is -0.765. The maximum absolute atomic E-state index is 12.9. The molecule has 1 heterocycles. The van der Waals surface area contributed by atoms with Crippen LogP contribution in [0.15, 0.2) is 69.9 Å². The number of para-hydroxylation sites is 1. The number of alkyl carbamates (subject to hydrolysis) is 1. The quantitative estimate of drug-likeness (QED) is 0.233. The lowest BCUT2D eigenvalue weighted by molar-refractivity contribution is -0.137. The Labute approximate surface area is 201 Å². The Morgan fingerprint density at radius 2 is 1.80 bits per heavy atom. The molecule has 0 saturated carbocycles. The SMILES string of the molecule is Cc1cccc2c(=O)c3c(O)cc(OC(=O)[C@H](NC(=O)OCc4ccccc4)C(C)C)cc3oc12. The molecule has 1 amide bonds. The van der Waals surface area contributed by atoms with Gasteiger partial charge in [0.15, 0.2) is 0 Å². The summed E-state index contributed by atoms with van der Waals surface area (Å²) in [5.74, 6) is -1.47. The number of rotatable bonds is 6. The zero-order chi connectivity index (χ0) is 25.1. The summed E-state index contributed by atoms with van der Waals surface area (Å²) in [4.78, 5) is 38.0. The summed E-state index contributed by atoms with van der Waals surface area (Å²) in [5.41, 5.74) is 1.64. The number of aryl methyl sites for hydroxylation is 1. The van der Waals surface area contributed by atoms with Gasteiger partial charge in [0.1, 0.15) is 40.7 Å². The molecule has 1 atom stereocenters. The predicted molar refractivity (Wildman–Crippen MR) is 130 cm³/mol. The second kappa shape index (κ2) is 9.89. The number of phenolic OH excluding ortho intramolecular Hbond substituents is 1. The van der Waals surface area contributed by atoms with Crippen LogP contribution in [-0.4, -0.2) is 23.2 Å². The number of amides is 1. The van der Waals surface area contributed by atoms with Crippen LogP contribution in [0.3, 0.4) is 0 Å². The Hall–Kier alpha value is -4.33. The molecule has 0 aliphatic rings. The van der Waals surface area contributed by atoms with Gasteiger partial charge >= 0.3 is 12.1 Å². The summed E-state index contributed by atoms with van der Waals surface area (Å²) in [5, 5.41) is 13.4. The number of phenols is 1. The van der Waals surface area contributed by atoms with Crippen molar-refractivity contribution >= 4 is 34.0 Å². The van der Waals surface area contributed by atoms with Gasteiger partial charge in [0.2, 0.25) is 5.43 Å². The van der Waals surface area contributed by atoms with E-state index in [2.05, 4.69) is 5.32 Å². The standard InChI is InChI=1S/C27H25NO7/c1-15(2)23(28-27(32)33-14-17-9-5-4-6-10-17)26(31)34-18-12-20(29)22-21(13-18)35-25-16(3)8-7-11-19(25)24(22)30/h4-13,15,23,29H,14H2,1-3H3,(H,28,32)/t23-/m1/s1. The zero-order valence-corrected chi connectivity index (χ0v) is 19.5. The van der Waals surface area contributed by atoms with Gasteiger partial charge in [-0.15, -0.1) is 0 Å². The smallest absolute Gasteiger partial charge is 0.408 e. The van der Waals surface area contributed by atoms with E-state index in [1.54, 1.807) is 39.0 Å². The van der Waals surface area contributed by atoms with Gasteiger partial charge in [-0.1, -0.05) is 56.3 Å². The molecule has 2 N–H and O–H groups in total. The van der Waals surface area contributed by atoms with Crippen molar-refractivity contribution in [3.8, 4) is 11.5 Å². The second-order valence-corrected chi connectivity index (χ2v) is 8.55. The van der Waals surface area contributed by atoms with Crippen LogP contribution in [0.1, 0.15) is 25.0 Å². The van der Waals surface area contributed by atoms with E-state index in [-0.39, 0.29) is 40.4 Å². The van der Waals surface area contributed by atoms with Crippen LogP contribution in [0.4, 0.5) is 4.79 Å². The van der Waals surface area contributed by atoms with Crippen LogP contribution in [0.25, 0.3) is 21.9 Å². The van der Waals surface area contributed by atoms with Gasteiger partial charge in [0.05, 0.1) is 5.39 Å². The number of hydrogen-bond donors (Lipinski definition) is 2. The molecular formula is C27H25NO7. The maximum Gasteiger partial charge on any atom is 0.408 e. The third-order valence-corrected chi connectivity index (χ3v) is 5.58. The normalized spacial score (nSPS) is 12.0. The van der Waals surface area contributed by atoms with Crippen LogP contribution in [0, 0.1) is 12.8 Å². The number of hydrogen-bond acceptors (Lipinski definition) is 7. The van der Waals surface area contributed by atoms with Gasteiger partial charge in [-0.25, -0.2) is 9.59 Å². The molecular weight excluding hydrogens is 450 g/mol. The molecule has 0 spiro atoms. The average molecular weight is 475 g/mol. The molecule has 0 aliphatic carbocycles. The molecule has 4 aromatic rings. The molecule has 0 radical (unpaired) electrons. The first-order chi connectivity index (χ1) is 16.7. The number of carbonyl (C=O) groups is 2. The molecule has 3 aromatic carbocycles. The third kappa shape index (κ3) is 5.11. The number of benzene rings is 3. The Morgan fingerprint density at radius 3 is 2.51 bits per heavy atom. The summed E-state index contributed by atoms with van der Waals surface area (Å²) in [6, 6.07) is 15.8. The lowest BCUT2D eigenvalue weighted by Gasteiger charge is -2.20. The van der Waals surface area contributed by atoms with Crippen molar-refractivity contribution in [2.24, 2.45) is 5.92 Å². The van der Waals surface area contributed by atoms with E-state index in [0.29, 0.717) is 11.0 Å². The summed E-state index contributed by atoms with van der Waals surface area (Å²) < 4.78 is 16.5. The zero-order valence-electron chi connectivity index (χ0n) is 19.5. The highest BCUT2D eigenvalue weighted by molar-refractivity contribution is 5.95. The topological polar surface area (TPSA) is 115 Å². The van der Waals surface area contributed by atoms with Gasteiger partial charge in [-0.05, 0) is 30.0 Å². The summed E-state index contributed by atoms with van der Waals surface area (Å²) in [6.45, 7) is 5.35. The van der Waals surface area contributed by atoms with Gasteiger partial charge in [0.25, 0.3) is 0 Å². The lowest BCUT2D eigenvalue weighted by atomic mass is 10.1. The molecule has 35 heavy (non-hydrogen) atoms. The van der Waals surface area contributed by atoms with Crippen LogP contribution in [0.5, 0.6) is 11.5 Å². The first kappa shape index (κ1) is 23.8. The van der Waals surface area contributed by atoms with Crippen LogP contribution < -0.4 is 15.5 Å². The largest absolute Gasteiger partial charge is 0.507 e. The van der Waals surface area contributed by atoms with Gasteiger partial charge in [-0.3, -0.25) is 4.79 Å². The molecule has 1 aromatic heterocycles. The van der Waals surface area contributed by atoms with Crippen molar-refractivity contribution in [1.29, 1.82) is 0 Å². The van der Waals surface area contributed by atoms with Gasteiger partial charge in [-0.2, -0.15) is 0 Å². The highest BCUT2D eigenvalue weighted by atomic mass is 16.6. The number of aromatic hydroxyl groups is 1. The lowest BCUT2D eigenvalue weighted by Crippen LogP contribution is -2.46. The fraction of sp³-hybridized carbons (Fsp3) is 0.222. The van der Waals surface area contributed by atoms with E-state index in [1.165, 1.54) is 12.1 Å². The molecule has 0 saturated heterocycles. The van der Waals surface area contributed by atoms with E-state index in [1.807, 2.05) is 30.3 Å². The first-order valence-electron chi connectivity index (χ1n) is 11.1. The Balaban J connectivity index is 1.54. The van der Waals surface area contributed by atoms with E-state index < -0.39 is 18.1 Å². The third-order valence-electron chi connectivity index (χ3n) is 5.58. The summed E-state index contributed by atoms with van der Waals surface area (Å²) in [7, 11) is 0. The van der Waals surface area contributed by atoms with Crippen molar-refractivity contribution in [1.82, 2.24) is 5.32 Å². The number of carbonyl (C=O) groups excluding carboxylic acids is 2. The Kier molecular flexibility index (Phi) is 6.73. The molecule has 0 aliphatic heterocycles. The summed E-state index contributed by atoms with van der Waals surface area (Å²) >= 11 is 0. The average Bonchev–Trinajstić information content (AvgIpc) is 2.82. The van der Waals surface area contributed by atoms with Crippen LogP contribution in [-0.2, 0) is 16.1 Å². The van der Waals surface area contributed by atoms with Gasteiger partial charge in [0, 0.05) is 12.1 Å². The molecule has 8 nitrogen and oxygen atoms in total. The fourth-order valence-corrected chi connectivity index (χ4v) is 3.72. The minimum atomic E-state index is -1.01. The van der Waals surface area contributed by atoms with E-state index in [9.17, 15) is 19.5 Å². The minimum Gasteiger partial charge on any atom is -0.507 e. The number of esters is 1. The van der Waals surface area contributed by atoms with Crippen LogP contribution in [0.2, 0.25) is 0 Å². The van der Waals surface area contributed by atoms with E-state index in [4.69, 9.17) is 13.9 Å². The predicted octanol–water partition coefficient (Wildman–Crippen LogP) is 4.82. The highest BCUT2D eigenvalue weighted by Crippen LogP contribution is 2.31. The first-order valence-corrected chi connectivity index (χ1v) is 11.1. The van der Waals surface area contributed by atoms with Gasteiger partial charge < -0.3 is 24.3 Å². The minimum absolute atomic E-state index is 0.00840. The van der Waals surface area contributed by atoms with E-state index in [0.717, 1.165) is 11.1 Å². The molecule has 180 valence electrons. The second-order valence-electron chi connectivity index (χ2n) is 8.55. The molecule has 0 fully saturated rings. The van der Waals surface area contributed by atoms with Crippen molar-refractivity contribution < 1.29 is 28.6 Å². The van der Waals surface area contributed by atoms with Crippen molar-refractivity contribution in [3.05, 3.63) is 82.0 Å². The van der Waals surface area contributed by atoms with Crippen molar-refractivity contribution in [3.63, 3.8) is 0 Å². The molecule has 0 bridgehead atoms.